The van der Waals surface area contributed by atoms with Crippen molar-refractivity contribution in [1.29, 1.82) is 0 Å². The Kier molecular flexibility index (Phi) is 5.20. The van der Waals surface area contributed by atoms with Gasteiger partial charge in [-0.15, -0.1) is 0 Å². The largest absolute Gasteiger partial charge is 0.480 e. The second kappa shape index (κ2) is 7.95. The van der Waals surface area contributed by atoms with Crippen LogP contribution >= 0.6 is 0 Å². The fourth-order valence-corrected chi connectivity index (χ4v) is 3.84. The van der Waals surface area contributed by atoms with E-state index in [-0.39, 0.29) is 6.42 Å². The summed E-state index contributed by atoms with van der Waals surface area (Å²) in [5.74, 6) is -0.119. The summed E-state index contributed by atoms with van der Waals surface area (Å²) in [4.78, 5) is 34.2. The van der Waals surface area contributed by atoms with Gasteiger partial charge in [-0.3, -0.25) is 4.79 Å². The summed E-state index contributed by atoms with van der Waals surface area (Å²) in [5.41, 5.74) is 2.21. The second-order valence-corrected chi connectivity index (χ2v) is 7.67. The number of para-hydroxylation sites is 1. The molecule has 29 heavy (non-hydrogen) atoms. The number of nitrogens with one attached hydrogen (secondary N) is 2. The number of hydrogen-bond acceptors (Lipinski definition) is 4. The smallest absolute Gasteiger partial charge is 0.326 e. The van der Waals surface area contributed by atoms with Crippen LogP contribution in [0.15, 0.2) is 48.8 Å². The average Bonchev–Trinajstić information content (AvgIpc) is 3.34. The Morgan fingerprint density at radius 1 is 1.34 bits per heavy atom. The van der Waals surface area contributed by atoms with Crippen molar-refractivity contribution in [1.82, 2.24) is 15.3 Å². The number of aromatic amines is 1. The van der Waals surface area contributed by atoms with Crippen LogP contribution in [0.4, 0.5) is 5.82 Å². The number of aliphatic carboxylic acids is 1. The molecule has 1 aliphatic rings. The van der Waals surface area contributed by atoms with Crippen molar-refractivity contribution in [2.45, 2.75) is 25.8 Å². The molecular weight excluding hydrogens is 368 g/mol. The zero-order valence-corrected chi connectivity index (χ0v) is 16.3. The summed E-state index contributed by atoms with van der Waals surface area (Å²) in [7, 11) is 0. The van der Waals surface area contributed by atoms with Crippen LogP contribution in [-0.2, 0) is 11.2 Å². The highest BCUT2D eigenvalue weighted by atomic mass is 16.4. The molecule has 1 aliphatic heterocycles. The van der Waals surface area contributed by atoms with Gasteiger partial charge in [0.25, 0.3) is 5.91 Å². The van der Waals surface area contributed by atoms with E-state index in [1.54, 1.807) is 24.5 Å². The molecule has 7 nitrogen and oxygen atoms in total. The number of benzene rings is 1. The Morgan fingerprint density at radius 2 is 2.17 bits per heavy atom. The molecule has 3 aromatic rings. The van der Waals surface area contributed by atoms with Crippen molar-refractivity contribution in [3.05, 3.63) is 59.9 Å². The van der Waals surface area contributed by atoms with E-state index < -0.39 is 17.9 Å². The molecule has 1 saturated heterocycles. The lowest BCUT2D eigenvalue weighted by Crippen LogP contribution is -2.42. The summed E-state index contributed by atoms with van der Waals surface area (Å²) in [6.07, 6.45) is 4.70. The highest BCUT2D eigenvalue weighted by molar-refractivity contribution is 5.97. The number of carbonyl (C=O) groups excluding carboxylic acids is 1. The van der Waals surface area contributed by atoms with Crippen molar-refractivity contribution in [3.63, 3.8) is 0 Å². The normalized spacial score (nSPS) is 17.4. The van der Waals surface area contributed by atoms with Gasteiger partial charge in [-0.25, -0.2) is 9.78 Å². The fraction of sp³-hybridized carbons (Fsp3) is 0.318. The zero-order chi connectivity index (χ0) is 20.4. The Hall–Kier alpha value is -3.35. The lowest BCUT2D eigenvalue weighted by atomic mass is 10.0. The first-order chi connectivity index (χ1) is 14.0. The molecule has 0 radical (unpaired) electrons. The molecule has 0 saturated carbocycles. The van der Waals surface area contributed by atoms with E-state index in [0.717, 1.165) is 41.8 Å². The van der Waals surface area contributed by atoms with Crippen molar-refractivity contribution in [3.8, 4) is 0 Å². The maximum absolute atomic E-state index is 12.8. The predicted octanol–water partition coefficient (Wildman–Crippen LogP) is 2.83. The van der Waals surface area contributed by atoms with Crippen LogP contribution in [0, 0.1) is 5.92 Å². The molecule has 0 bridgehead atoms. The quantitative estimate of drug-likeness (QED) is 0.599. The lowest BCUT2D eigenvalue weighted by molar-refractivity contribution is -0.139. The third-order valence-electron chi connectivity index (χ3n) is 5.46. The Labute approximate surface area is 168 Å². The van der Waals surface area contributed by atoms with E-state index >= 15 is 0 Å². The lowest BCUT2D eigenvalue weighted by Gasteiger charge is -2.18. The van der Waals surface area contributed by atoms with E-state index in [2.05, 4.69) is 27.1 Å². The Balaban J connectivity index is 1.50. The maximum atomic E-state index is 12.8. The van der Waals surface area contributed by atoms with Gasteiger partial charge in [0.2, 0.25) is 0 Å². The van der Waals surface area contributed by atoms with Crippen LogP contribution < -0.4 is 10.2 Å². The first kappa shape index (κ1) is 19.0. The Bertz CT molecular complexity index is 1050. The van der Waals surface area contributed by atoms with Crippen molar-refractivity contribution < 1.29 is 14.7 Å². The van der Waals surface area contributed by atoms with Gasteiger partial charge in [-0.2, -0.15) is 0 Å². The van der Waals surface area contributed by atoms with E-state index in [0.29, 0.717) is 11.5 Å². The number of pyridine rings is 1. The first-order valence-electron chi connectivity index (χ1n) is 9.81. The monoisotopic (exact) mass is 392 g/mol. The molecule has 2 aromatic heterocycles. The maximum Gasteiger partial charge on any atom is 0.326 e. The van der Waals surface area contributed by atoms with E-state index in [1.807, 2.05) is 24.3 Å². The van der Waals surface area contributed by atoms with Crippen molar-refractivity contribution in [2.75, 3.05) is 18.0 Å². The van der Waals surface area contributed by atoms with Crippen molar-refractivity contribution in [2.24, 2.45) is 5.92 Å². The predicted molar refractivity (Wildman–Crippen MR) is 111 cm³/mol. The minimum Gasteiger partial charge on any atom is -0.480 e. The van der Waals surface area contributed by atoms with Gasteiger partial charge in [-0.1, -0.05) is 25.1 Å². The first-order valence-corrected chi connectivity index (χ1v) is 9.81. The molecule has 0 spiro atoms. The number of carbonyl (C=O) groups is 2. The molecule has 1 amide bonds. The third kappa shape index (κ3) is 4.08. The highest BCUT2D eigenvalue weighted by Crippen LogP contribution is 2.23. The molecule has 2 atom stereocenters. The topological polar surface area (TPSA) is 98.3 Å². The number of carboxylic acids is 1. The number of aromatic nitrogens is 2. The van der Waals surface area contributed by atoms with Gasteiger partial charge in [0.15, 0.2) is 0 Å². The number of H-pyrrole nitrogens is 1. The third-order valence-corrected chi connectivity index (χ3v) is 5.46. The fourth-order valence-electron chi connectivity index (χ4n) is 3.84. The second-order valence-electron chi connectivity index (χ2n) is 7.67. The molecule has 0 aliphatic carbocycles. The highest BCUT2D eigenvalue weighted by Gasteiger charge is 2.24. The number of nitrogens with zero attached hydrogens (tertiary/aromatic N) is 2. The van der Waals surface area contributed by atoms with E-state index in [1.165, 1.54) is 0 Å². The Morgan fingerprint density at radius 3 is 2.93 bits per heavy atom. The number of anilines is 1. The standard InChI is InChI=1S/C22H24N4O3/c1-14-7-9-26(13-14)20-11-15(6-8-23-20)21(27)25-19(22(28)29)10-16-12-24-18-5-3-2-4-17(16)18/h2-6,8,11-12,14,19,24H,7,9-10,13H2,1H3,(H,25,27)(H,28,29)/t14?,19-/m1/s1. The summed E-state index contributed by atoms with van der Waals surface area (Å²) in [5, 5.41) is 13.3. The summed E-state index contributed by atoms with van der Waals surface area (Å²) in [6, 6.07) is 10.0. The van der Waals surface area contributed by atoms with Crippen LogP contribution in [0.3, 0.4) is 0 Å². The number of rotatable bonds is 6. The van der Waals surface area contributed by atoms with Gasteiger partial charge < -0.3 is 20.3 Å². The van der Waals surface area contributed by atoms with Gasteiger partial charge in [0.1, 0.15) is 11.9 Å². The SMILES string of the molecule is CC1CCN(c2cc(C(=O)N[C@H](Cc3c[nH]c4ccccc34)C(=O)O)ccn2)C1. The summed E-state index contributed by atoms with van der Waals surface area (Å²) < 4.78 is 0. The molecule has 7 heteroatoms. The molecule has 1 fully saturated rings. The van der Waals surface area contributed by atoms with E-state index in [4.69, 9.17) is 0 Å². The summed E-state index contributed by atoms with van der Waals surface area (Å²) >= 11 is 0. The van der Waals surface area contributed by atoms with Crippen LogP contribution in [0.25, 0.3) is 10.9 Å². The minimum atomic E-state index is -1.06. The molecule has 1 aromatic carbocycles. The number of amides is 1. The van der Waals surface area contributed by atoms with Crippen LogP contribution in [0.5, 0.6) is 0 Å². The molecule has 4 rings (SSSR count). The van der Waals surface area contributed by atoms with Gasteiger partial charge in [-0.05, 0) is 36.1 Å². The zero-order valence-electron chi connectivity index (χ0n) is 16.3. The minimum absolute atomic E-state index is 0.201. The molecule has 1 unspecified atom stereocenters. The molecular formula is C22H24N4O3. The van der Waals surface area contributed by atoms with Crippen molar-refractivity contribution >= 4 is 28.6 Å². The van der Waals surface area contributed by atoms with Gasteiger partial charge in [0.05, 0.1) is 0 Å². The van der Waals surface area contributed by atoms with E-state index in [9.17, 15) is 14.7 Å². The van der Waals surface area contributed by atoms with Crippen LogP contribution in [-0.4, -0.2) is 46.1 Å². The molecule has 150 valence electrons. The van der Waals surface area contributed by atoms with Gasteiger partial charge >= 0.3 is 5.97 Å². The number of fused-ring (bicyclic) bond motifs is 1. The average molecular weight is 392 g/mol. The summed E-state index contributed by atoms with van der Waals surface area (Å²) in [6.45, 7) is 4.02. The number of hydrogen-bond donors (Lipinski definition) is 3. The van der Waals surface area contributed by atoms with Gasteiger partial charge in [0, 0.05) is 48.4 Å². The van der Waals surface area contributed by atoms with Crippen LogP contribution in [0.2, 0.25) is 0 Å². The number of carboxylic acid groups (broad SMARTS) is 1. The van der Waals surface area contributed by atoms with Crippen LogP contribution in [0.1, 0.15) is 29.3 Å². The molecule has 3 heterocycles. The molecule has 3 N–H and O–H groups in total.